The molecule has 30 heavy (non-hydrogen) atoms. The van der Waals surface area contributed by atoms with E-state index in [1.165, 1.54) is 0 Å². The number of benzene rings is 2. The fourth-order valence-electron chi connectivity index (χ4n) is 3.94. The van der Waals surface area contributed by atoms with Gasteiger partial charge in [-0.25, -0.2) is 4.79 Å². The first-order valence-corrected chi connectivity index (χ1v) is 10.4. The topological polar surface area (TPSA) is 63.1 Å². The Balaban J connectivity index is 1.63. The average Bonchev–Trinajstić information content (AvgIpc) is 3.53. The number of nitrogens with one attached hydrogen (secondary N) is 2. The van der Waals surface area contributed by atoms with Crippen LogP contribution in [0.15, 0.2) is 66.7 Å². The van der Waals surface area contributed by atoms with E-state index in [0.29, 0.717) is 5.56 Å². The monoisotopic (exact) mass is 401 g/mol. The van der Waals surface area contributed by atoms with E-state index in [1.54, 1.807) is 0 Å². The van der Waals surface area contributed by atoms with Crippen LogP contribution < -0.4 is 10.6 Å². The van der Waals surface area contributed by atoms with Gasteiger partial charge in [0.15, 0.2) is 5.78 Å². The minimum absolute atomic E-state index is 0.00973. The van der Waals surface area contributed by atoms with Gasteiger partial charge in [0.1, 0.15) is 0 Å². The second-order valence-corrected chi connectivity index (χ2v) is 7.90. The van der Waals surface area contributed by atoms with Crippen molar-refractivity contribution in [3.63, 3.8) is 0 Å². The molecule has 4 rings (SSSR count). The van der Waals surface area contributed by atoms with Gasteiger partial charge >= 0.3 is 6.03 Å². The molecule has 2 amide bonds. The van der Waals surface area contributed by atoms with E-state index in [1.807, 2.05) is 56.3 Å². The second-order valence-electron chi connectivity index (χ2n) is 7.90. The van der Waals surface area contributed by atoms with Crippen LogP contribution in [0.25, 0.3) is 0 Å². The molecule has 0 radical (unpaired) electrons. The Bertz CT molecular complexity index is 998. The van der Waals surface area contributed by atoms with Crippen LogP contribution in [-0.4, -0.2) is 29.0 Å². The summed E-state index contributed by atoms with van der Waals surface area (Å²) >= 11 is 0. The van der Waals surface area contributed by atoms with Crippen molar-refractivity contribution in [1.29, 1.82) is 0 Å². The Morgan fingerprint density at radius 1 is 0.967 bits per heavy atom. The molecule has 1 fully saturated rings. The molecular formula is C25H27N3O2. The van der Waals surface area contributed by atoms with Crippen LogP contribution in [0.1, 0.15) is 51.8 Å². The summed E-state index contributed by atoms with van der Waals surface area (Å²) < 4.78 is 2.21. The second kappa shape index (κ2) is 8.57. The number of carbonyl (C=O) groups is 2. The summed E-state index contributed by atoms with van der Waals surface area (Å²) in [7, 11) is 0. The van der Waals surface area contributed by atoms with Crippen LogP contribution in [0.4, 0.5) is 4.79 Å². The molecule has 0 atom stereocenters. The van der Waals surface area contributed by atoms with E-state index in [-0.39, 0.29) is 30.4 Å². The van der Waals surface area contributed by atoms with Crippen LogP contribution in [0.3, 0.4) is 0 Å². The summed E-state index contributed by atoms with van der Waals surface area (Å²) in [5.41, 5.74) is 4.88. The van der Waals surface area contributed by atoms with Crippen molar-refractivity contribution in [2.24, 2.45) is 0 Å². The molecule has 1 aromatic heterocycles. The smallest absolute Gasteiger partial charge is 0.315 e. The van der Waals surface area contributed by atoms with Gasteiger partial charge in [-0.1, -0.05) is 60.7 Å². The number of hydrogen-bond acceptors (Lipinski definition) is 2. The molecule has 0 saturated heterocycles. The molecule has 5 heteroatoms. The molecule has 1 saturated carbocycles. The molecule has 1 aliphatic carbocycles. The number of aryl methyl sites for hydroxylation is 1. The molecule has 2 N–H and O–H groups in total. The number of nitrogens with zero attached hydrogens (tertiary/aromatic N) is 1. The van der Waals surface area contributed by atoms with Gasteiger partial charge < -0.3 is 15.2 Å². The molecule has 2 aromatic carbocycles. The first kappa shape index (κ1) is 20.0. The lowest BCUT2D eigenvalue weighted by molar-refractivity contribution is 0.0991. The number of ketones is 1. The lowest BCUT2D eigenvalue weighted by Gasteiger charge is -2.24. The van der Waals surface area contributed by atoms with Crippen LogP contribution in [-0.2, 0) is 0 Å². The molecule has 1 heterocycles. The van der Waals surface area contributed by atoms with Gasteiger partial charge in [-0.3, -0.25) is 4.79 Å². The highest BCUT2D eigenvalue weighted by Crippen LogP contribution is 2.31. The molecule has 1 aliphatic rings. The van der Waals surface area contributed by atoms with Gasteiger partial charge in [-0.15, -0.1) is 0 Å². The Morgan fingerprint density at radius 3 is 2.07 bits per heavy atom. The van der Waals surface area contributed by atoms with Gasteiger partial charge in [0.25, 0.3) is 0 Å². The quantitative estimate of drug-likeness (QED) is 0.577. The molecule has 5 nitrogen and oxygen atoms in total. The van der Waals surface area contributed by atoms with Crippen LogP contribution in [0, 0.1) is 13.8 Å². The Kier molecular flexibility index (Phi) is 5.70. The number of Topliss-reactive ketones (excluding diaryl/α,β-unsaturated/α-hetero) is 1. The number of rotatable bonds is 7. The lowest BCUT2D eigenvalue weighted by atomic mass is 9.98. The van der Waals surface area contributed by atoms with Crippen molar-refractivity contribution in [3.05, 3.63) is 94.8 Å². The van der Waals surface area contributed by atoms with Crippen LogP contribution in [0.5, 0.6) is 0 Å². The van der Waals surface area contributed by atoms with E-state index in [0.717, 1.165) is 35.4 Å². The standard InChI is InChI=1S/C25H27N3O2/c1-17-15-22(23(29)16-26-25(30)27-21-13-14-21)18(2)28(17)24(19-9-5-3-6-10-19)20-11-7-4-8-12-20/h3-12,15,21,24H,13-14,16H2,1-2H3,(H2,26,27,30). The molecular weight excluding hydrogens is 374 g/mol. The summed E-state index contributed by atoms with van der Waals surface area (Å²) in [5.74, 6) is -0.0832. The molecule has 0 aliphatic heterocycles. The summed E-state index contributed by atoms with van der Waals surface area (Å²) in [6, 6.07) is 22.5. The van der Waals surface area contributed by atoms with Gasteiger partial charge in [-0.05, 0) is 43.9 Å². The Hall–Kier alpha value is -3.34. The van der Waals surface area contributed by atoms with Crippen molar-refractivity contribution in [2.75, 3.05) is 6.54 Å². The minimum Gasteiger partial charge on any atom is -0.337 e. The summed E-state index contributed by atoms with van der Waals surface area (Å²) in [4.78, 5) is 24.8. The van der Waals surface area contributed by atoms with Crippen LogP contribution in [0.2, 0.25) is 0 Å². The first-order chi connectivity index (χ1) is 14.5. The summed E-state index contributed by atoms with van der Waals surface area (Å²) in [5, 5.41) is 5.54. The Labute approximate surface area is 177 Å². The number of hydrogen-bond donors (Lipinski definition) is 2. The largest absolute Gasteiger partial charge is 0.337 e. The zero-order valence-electron chi connectivity index (χ0n) is 17.4. The molecule has 0 bridgehead atoms. The van der Waals surface area contributed by atoms with Crippen molar-refractivity contribution in [3.8, 4) is 0 Å². The predicted octanol–water partition coefficient (Wildman–Crippen LogP) is 4.39. The summed E-state index contributed by atoms with van der Waals surface area (Å²) in [6.45, 7) is 3.99. The normalized spacial score (nSPS) is 13.3. The molecule has 154 valence electrons. The SMILES string of the molecule is Cc1cc(C(=O)CNC(=O)NC2CC2)c(C)n1C(c1ccccc1)c1ccccc1. The third-order valence-corrected chi connectivity index (χ3v) is 5.60. The first-order valence-electron chi connectivity index (χ1n) is 10.4. The van der Waals surface area contributed by atoms with E-state index in [9.17, 15) is 9.59 Å². The Morgan fingerprint density at radius 2 is 1.53 bits per heavy atom. The van der Waals surface area contributed by atoms with Gasteiger partial charge in [0, 0.05) is 23.0 Å². The maximum atomic E-state index is 12.9. The fourth-order valence-corrected chi connectivity index (χ4v) is 3.94. The number of aromatic nitrogens is 1. The van der Waals surface area contributed by atoms with E-state index in [4.69, 9.17) is 0 Å². The highest BCUT2D eigenvalue weighted by Gasteiger charge is 2.25. The third-order valence-electron chi connectivity index (χ3n) is 5.60. The third kappa shape index (κ3) is 4.30. The zero-order chi connectivity index (χ0) is 21.1. The lowest BCUT2D eigenvalue weighted by Crippen LogP contribution is -2.39. The molecule has 0 unspecified atom stereocenters. The maximum Gasteiger partial charge on any atom is 0.315 e. The van der Waals surface area contributed by atoms with Gasteiger partial charge in [-0.2, -0.15) is 0 Å². The minimum atomic E-state index is -0.272. The van der Waals surface area contributed by atoms with Crippen molar-refractivity contribution in [2.45, 2.75) is 38.8 Å². The van der Waals surface area contributed by atoms with E-state index >= 15 is 0 Å². The van der Waals surface area contributed by atoms with E-state index in [2.05, 4.69) is 39.5 Å². The number of carbonyl (C=O) groups excluding carboxylic acids is 2. The fraction of sp³-hybridized carbons (Fsp3) is 0.280. The van der Waals surface area contributed by atoms with Crippen molar-refractivity contribution >= 4 is 11.8 Å². The average molecular weight is 402 g/mol. The summed E-state index contributed by atoms with van der Waals surface area (Å²) in [6.07, 6.45) is 2.03. The van der Waals surface area contributed by atoms with Gasteiger partial charge in [0.05, 0.1) is 12.6 Å². The number of urea groups is 1. The van der Waals surface area contributed by atoms with Crippen molar-refractivity contribution < 1.29 is 9.59 Å². The highest BCUT2D eigenvalue weighted by atomic mass is 16.2. The zero-order valence-corrected chi connectivity index (χ0v) is 17.4. The van der Waals surface area contributed by atoms with E-state index < -0.39 is 0 Å². The highest BCUT2D eigenvalue weighted by molar-refractivity contribution is 6.00. The van der Waals surface area contributed by atoms with Crippen molar-refractivity contribution in [1.82, 2.24) is 15.2 Å². The molecule has 0 spiro atoms. The number of amides is 2. The maximum absolute atomic E-state index is 12.9. The van der Waals surface area contributed by atoms with Gasteiger partial charge in [0.2, 0.25) is 0 Å². The predicted molar refractivity (Wildman–Crippen MR) is 118 cm³/mol. The van der Waals surface area contributed by atoms with Crippen LogP contribution >= 0.6 is 0 Å². The molecule has 3 aromatic rings.